The Kier molecular flexibility index (Phi) is 7.08. The van der Waals surface area contributed by atoms with Crippen LogP contribution in [0.25, 0.3) is 11.5 Å². The summed E-state index contributed by atoms with van der Waals surface area (Å²) in [6, 6.07) is 10.8. The fraction of sp³-hybridized carbons (Fsp3) is 0.375. The maximum atomic E-state index is 13.1. The van der Waals surface area contributed by atoms with E-state index in [2.05, 4.69) is 29.4 Å². The van der Waals surface area contributed by atoms with Gasteiger partial charge in [-0.25, -0.2) is 8.42 Å². The van der Waals surface area contributed by atoms with Gasteiger partial charge in [-0.1, -0.05) is 18.9 Å². The standard InChI is InChI=1S/C24H28N4O6S/c1-15-11-16(2)14-28(13-15)35(30,31)19-8-5-17(6-9-19)22(29)25-24-27-26-23(34-24)20-10-7-18(32-3)12-21(20)33-4/h5-10,12,15-16H,11,13-14H2,1-4H3,(H,25,27,29)/t15-,16-/m0/s1. The van der Waals surface area contributed by atoms with Crippen LogP contribution < -0.4 is 14.8 Å². The van der Waals surface area contributed by atoms with Gasteiger partial charge in [-0.3, -0.25) is 10.1 Å². The van der Waals surface area contributed by atoms with Gasteiger partial charge in [-0.15, -0.1) is 5.10 Å². The predicted octanol–water partition coefficient (Wildman–Crippen LogP) is 3.67. The van der Waals surface area contributed by atoms with Gasteiger partial charge in [0.15, 0.2) is 0 Å². The molecule has 10 nitrogen and oxygen atoms in total. The molecule has 1 aliphatic rings. The van der Waals surface area contributed by atoms with Crippen LogP contribution in [0, 0.1) is 11.8 Å². The number of hydrogen-bond acceptors (Lipinski definition) is 8. The van der Waals surface area contributed by atoms with E-state index < -0.39 is 15.9 Å². The van der Waals surface area contributed by atoms with Gasteiger partial charge in [0.2, 0.25) is 10.0 Å². The number of aromatic nitrogens is 2. The Labute approximate surface area is 204 Å². The molecule has 2 atom stereocenters. The largest absolute Gasteiger partial charge is 0.497 e. The summed E-state index contributed by atoms with van der Waals surface area (Å²) in [7, 11) is -0.574. The number of methoxy groups -OCH3 is 2. The van der Waals surface area contributed by atoms with E-state index in [-0.39, 0.29) is 22.4 Å². The van der Waals surface area contributed by atoms with Crippen LogP contribution in [-0.2, 0) is 10.0 Å². The van der Waals surface area contributed by atoms with E-state index in [1.54, 1.807) is 25.3 Å². The minimum absolute atomic E-state index is 0.101. The minimum atomic E-state index is -3.63. The van der Waals surface area contributed by atoms with Crippen LogP contribution in [0.3, 0.4) is 0 Å². The van der Waals surface area contributed by atoms with Gasteiger partial charge in [0.1, 0.15) is 11.5 Å². The molecule has 0 bridgehead atoms. The molecule has 0 spiro atoms. The van der Waals surface area contributed by atoms with E-state index in [4.69, 9.17) is 13.9 Å². The molecule has 2 aromatic carbocycles. The van der Waals surface area contributed by atoms with E-state index in [9.17, 15) is 13.2 Å². The molecule has 0 radical (unpaired) electrons. The van der Waals surface area contributed by atoms with Gasteiger partial charge < -0.3 is 13.9 Å². The Balaban J connectivity index is 1.47. The first kappa shape index (κ1) is 24.7. The Morgan fingerprint density at radius 1 is 1.03 bits per heavy atom. The number of piperidine rings is 1. The van der Waals surface area contributed by atoms with Crippen molar-refractivity contribution in [3.63, 3.8) is 0 Å². The molecule has 1 amide bonds. The molecule has 3 aromatic rings. The molecule has 2 heterocycles. The third-order valence-electron chi connectivity index (χ3n) is 5.87. The summed E-state index contributed by atoms with van der Waals surface area (Å²) in [6.07, 6.45) is 1.01. The average molecular weight is 501 g/mol. The first-order chi connectivity index (χ1) is 16.7. The molecule has 0 unspecified atom stereocenters. The Hall–Kier alpha value is -3.44. The number of benzene rings is 2. The smallest absolute Gasteiger partial charge is 0.322 e. The molecule has 1 aliphatic heterocycles. The highest BCUT2D eigenvalue weighted by molar-refractivity contribution is 7.89. The summed E-state index contributed by atoms with van der Waals surface area (Å²) in [6.45, 7) is 5.10. The SMILES string of the molecule is COc1ccc(-c2nnc(NC(=O)c3ccc(S(=O)(=O)N4C[C@@H](C)C[C@H](C)C4)cc3)o2)c(OC)c1. The maximum absolute atomic E-state index is 13.1. The Morgan fingerprint density at radius 2 is 1.71 bits per heavy atom. The fourth-order valence-electron chi connectivity index (χ4n) is 4.26. The van der Waals surface area contributed by atoms with Crippen LogP contribution in [0.15, 0.2) is 51.8 Å². The summed E-state index contributed by atoms with van der Waals surface area (Å²) in [4.78, 5) is 12.8. The van der Waals surface area contributed by atoms with Crippen LogP contribution in [0.2, 0.25) is 0 Å². The van der Waals surface area contributed by atoms with Crippen LogP contribution in [0.4, 0.5) is 6.01 Å². The highest BCUT2D eigenvalue weighted by atomic mass is 32.2. The molecular weight excluding hydrogens is 472 g/mol. The first-order valence-electron chi connectivity index (χ1n) is 11.2. The van der Waals surface area contributed by atoms with Crippen molar-refractivity contribution in [2.24, 2.45) is 11.8 Å². The van der Waals surface area contributed by atoms with Crippen LogP contribution in [-0.4, -0.2) is 56.1 Å². The highest BCUT2D eigenvalue weighted by Gasteiger charge is 2.31. The fourth-order valence-corrected chi connectivity index (χ4v) is 5.94. The molecule has 11 heteroatoms. The lowest BCUT2D eigenvalue weighted by Crippen LogP contribution is -2.42. The molecule has 4 rings (SSSR count). The molecular formula is C24H28N4O6S. The van der Waals surface area contributed by atoms with Crippen LogP contribution in [0.1, 0.15) is 30.6 Å². The van der Waals surface area contributed by atoms with Gasteiger partial charge in [-0.2, -0.15) is 4.31 Å². The van der Waals surface area contributed by atoms with Crippen molar-refractivity contribution in [1.82, 2.24) is 14.5 Å². The van der Waals surface area contributed by atoms with Gasteiger partial charge >= 0.3 is 6.01 Å². The van der Waals surface area contributed by atoms with Crippen molar-refractivity contribution in [2.75, 3.05) is 32.6 Å². The lowest BCUT2D eigenvalue weighted by Gasteiger charge is -2.34. The summed E-state index contributed by atoms with van der Waals surface area (Å²) in [5.74, 6) is 1.33. The van der Waals surface area contributed by atoms with Gasteiger partial charge in [0.25, 0.3) is 11.8 Å². The molecule has 35 heavy (non-hydrogen) atoms. The molecule has 1 fully saturated rings. The second kappa shape index (κ2) is 10.0. The van der Waals surface area contributed by atoms with E-state index in [0.717, 1.165) is 6.42 Å². The number of amides is 1. The van der Waals surface area contributed by atoms with Crippen molar-refractivity contribution in [3.05, 3.63) is 48.0 Å². The lowest BCUT2D eigenvalue weighted by atomic mass is 9.94. The zero-order chi connectivity index (χ0) is 25.2. The monoisotopic (exact) mass is 500 g/mol. The maximum Gasteiger partial charge on any atom is 0.322 e. The van der Waals surface area contributed by atoms with Crippen molar-refractivity contribution >= 4 is 21.9 Å². The quantitative estimate of drug-likeness (QED) is 0.521. The molecule has 1 N–H and O–H groups in total. The highest BCUT2D eigenvalue weighted by Crippen LogP contribution is 2.33. The topological polar surface area (TPSA) is 124 Å². The van der Waals surface area contributed by atoms with Gasteiger partial charge in [-0.05, 0) is 54.7 Å². The summed E-state index contributed by atoms with van der Waals surface area (Å²) >= 11 is 0. The number of nitrogens with one attached hydrogen (secondary N) is 1. The number of carbonyl (C=O) groups excluding carboxylic acids is 1. The van der Waals surface area contributed by atoms with Crippen LogP contribution >= 0.6 is 0 Å². The number of sulfonamides is 1. The molecule has 0 saturated carbocycles. The summed E-state index contributed by atoms with van der Waals surface area (Å²) in [5.41, 5.74) is 0.795. The Bertz CT molecular complexity index is 1300. The van der Waals surface area contributed by atoms with Crippen molar-refractivity contribution < 1.29 is 27.1 Å². The molecule has 0 aliphatic carbocycles. The number of hydrogen-bond donors (Lipinski definition) is 1. The number of rotatable bonds is 7. The number of ether oxygens (including phenoxy) is 2. The van der Waals surface area contributed by atoms with E-state index in [1.165, 1.54) is 35.7 Å². The van der Waals surface area contributed by atoms with E-state index in [0.29, 0.717) is 42.0 Å². The van der Waals surface area contributed by atoms with E-state index >= 15 is 0 Å². The normalized spacial score (nSPS) is 18.7. The molecule has 1 saturated heterocycles. The van der Waals surface area contributed by atoms with Gasteiger partial charge in [0, 0.05) is 24.7 Å². The van der Waals surface area contributed by atoms with Crippen LogP contribution in [0.5, 0.6) is 11.5 Å². The predicted molar refractivity (Wildman–Crippen MR) is 129 cm³/mol. The average Bonchev–Trinajstić information content (AvgIpc) is 3.31. The van der Waals surface area contributed by atoms with E-state index in [1.807, 2.05) is 0 Å². The molecule has 1 aromatic heterocycles. The summed E-state index contributed by atoms with van der Waals surface area (Å²) in [5, 5.41) is 10.4. The zero-order valence-electron chi connectivity index (χ0n) is 20.0. The number of nitrogens with zero attached hydrogens (tertiary/aromatic N) is 3. The second-order valence-electron chi connectivity index (χ2n) is 8.73. The van der Waals surface area contributed by atoms with Crippen molar-refractivity contribution in [1.29, 1.82) is 0 Å². The second-order valence-corrected chi connectivity index (χ2v) is 10.7. The lowest BCUT2D eigenvalue weighted by molar-refractivity contribution is 0.102. The zero-order valence-corrected chi connectivity index (χ0v) is 20.8. The third-order valence-corrected chi connectivity index (χ3v) is 7.72. The number of carbonyl (C=O) groups is 1. The summed E-state index contributed by atoms with van der Waals surface area (Å²) < 4.78 is 43.7. The van der Waals surface area contributed by atoms with Gasteiger partial charge in [0.05, 0.1) is 24.7 Å². The van der Waals surface area contributed by atoms with Crippen molar-refractivity contribution in [2.45, 2.75) is 25.2 Å². The Morgan fingerprint density at radius 3 is 2.34 bits per heavy atom. The number of anilines is 1. The van der Waals surface area contributed by atoms with Crippen molar-refractivity contribution in [3.8, 4) is 23.0 Å². The minimum Gasteiger partial charge on any atom is -0.497 e. The first-order valence-corrected chi connectivity index (χ1v) is 12.6. The third kappa shape index (κ3) is 5.30. The molecule has 186 valence electrons.